The molecule has 3 rings (SSSR count). The van der Waals surface area contributed by atoms with Crippen LogP contribution in [0.3, 0.4) is 0 Å². The van der Waals surface area contributed by atoms with Gasteiger partial charge < -0.3 is 15.7 Å². The van der Waals surface area contributed by atoms with Crippen molar-refractivity contribution in [3.05, 3.63) is 53.6 Å². The highest BCUT2D eigenvalue weighted by Gasteiger charge is 2.26. The molecule has 6 heteroatoms. The summed E-state index contributed by atoms with van der Waals surface area (Å²) in [5.41, 5.74) is 2.59. The minimum absolute atomic E-state index is 0.0442. The molecule has 0 aliphatic heterocycles. The van der Waals surface area contributed by atoms with Crippen LogP contribution in [0.1, 0.15) is 35.7 Å². The Kier molecular flexibility index (Phi) is 4.83. The van der Waals surface area contributed by atoms with Crippen molar-refractivity contribution in [2.24, 2.45) is 0 Å². The van der Waals surface area contributed by atoms with E-state index < -0.39 is 0 Å². The molecule has 6 nitrogen and oxygen atoms in total. The van der Waals surface area contributed by atoms with E-state index in [1.165, 1.54) is 0 Å². The van der Waals surface area contributed by atoms with Crippen molar-refractivity contribution in [1.82, 2.24) is 15.3 Å². The van der Waals surface area contributed by atoms with Crippen LogP contribution in [0.4, 0.5) is 10.5 Å². The van der Waals surface area contributed by atoms with Gasteiger partial charge in [0.1, 0.15) is 5.82 Å². The van der Waals surface area contributed by atoms with Gasteiger partial charge in [-0.15, -0.1) is 0 Å². The predicted octanol–water partition coefficient (Wildman–Crippen LogP) is 2.21. The predicted molar refractivity (Wildman–Crippen MR) is 87.1 cm³/mol. The first kappa shape index (κ1) is 15.4. The second-order valence-corrected chi connectivity index (χ2v) is 5.71. The Balaban J connectivity index is 1.41. The lowest BCUT2D eigenvalue weighted by atomic mass is 10.1. The molecule has 3 N–H and O–H groups in total. The summed E-state index contributed by atoms with van der Waals surface area (Å²) in [6.45, 7) is 0.577. The van der Waals surface area contributed by atoms with Crippen LogP contribution in [0.5, 0.6) is 0 Å². The summed E-state index contributed by atoms with van der Waals surface area (Å²) in [5, 5.41) is 14.5. The molecule has 23 heavy (non-hydrogen) atoms. The average Bonchev–Trinajstić information content (AvgIpc) is 3.41. The van der Waals surface area contributed by atoms with Gasteiger partial charge in [-0.1, -0.05) is 24.3 Å². The third-order valence-corrected chi connectivity index (χ3v) is 3.78. The number of nitrogens with one attached hydrogen (secondary N) is 2. The van der Waals surface area contributed by atoms with Gasteiger partial charge in [0.2, 0.25) is 0 Å². The first-order valence-electron chi connectivity index (χ1n) is 7.80. The highest BCUT2D eigenvalue weighted by molar-refractivity contribution is 5.88. The fourth-order valence-electron chi connectivity index (χ4n) is 2.26. The SMILES string of the molecule is O=C(NCCc1ccc(CO)cc1)Nc1cnc(C2CC2)nc1. The largest absolute Gasteiger partial charge is 0.392 e. The fraction of sp³-hybridized carbons (Fsp3) is 0.353. The van der Waals surface area contributed by atoms with Gasteiger partial charge in [0.25, 0.3) is 0 Å². The number of hydrogen-bond acceptors (Lipinski definition) is 4. The molecule has 0 atom stereocenters. The van der Waals surface area contributed by atoms with Gasteiger partial charge in [-0.25, -0.2) is 14.8 Å². The molecule has 2 amide bonds. The van der Waals surface area contributed by atoms with Crippen molar-refractivity contribution in [2.45, 2.75) is 31.8 Å². The van der Waals surface area contributed by atoms with E-state index in [-0.39, 0.29) is 12.6 Å². The van der Waals surface area contributed by atoms with E-state index in [2.05, 4.69) is 20.6 Å². The maximum atomic E-state index is 11.8. The zero-order chi connectivity index (χ0) is 16.1. The maximum absolute atomic E-state index is 11.8. The summed E-state index contributed by atoms with van der Waals surface area (Å²) in [6, 6.07) is 7.41. The zero-order valence-electron chi connectivity index (χ0n) is 12.8. The first-order chi connectivity index (χ1) is 11.2. The smallest absolute Gasteiger partial charge is 0.319 e. The first-order valence-corrected chi connectivity index (χ1v) is 7.80. The fourth-order valence-corrected chi connectivity index (χ4v) is 2.26. The van der Waals surface area contributed by atoms with Gasteiger partial charge in [0.05, 0.1) is 24.7 Å². The van der Waals surface area contributed by atoms with Crippen molar-refractivity contribution < 1.29 is 9.90 Å². The molecule has 0 saturated heterocycles. The zero-order valence-corrected chi connectivity index (χ0v) is 12.8. The van der Waals surface area contributed by atoms with Crippen molar-refractivity contribution in [3.63, 3.8) is 0 Å². The molecule has 0 bridgehead atoms. The van der Waals surface area contributed by atoms with Crippen LogP contribution >= 0.6 is 0 Å². The summed E-state index contributed by atoms with van der Waals surface area (Å²) < 4.78 is 0. The number of aromatic nitrogens is 2. The number of benzene rings is 1. The number of aliphatic hydroxyl groups excluding tert-OH is 1. The van der Waals surface area contributed by atoms with Crippen molar-refractivity contribution in [3.8, 4) is 0 Å². The van der Waals surface area contributed by atoms with Crippen LogP contribution in [0.15, 0.2) is 36.7 Å². The second kappa shape index (κ2) is 7.19. The molecule has 1 aliphatic rings. The number of aliphatic hydroxyl groups is 1. The molecule has 1 aromatic carbocycles. The lowest BCUT2D eigenvalue weighted by Crippen LogP contribution is -2.30. The summed E-state index contributed by atoms with van der Waals surface area (Å²) in [5.74, 6) is 1.37. The van der Waals surface area contributed by atoms with Crippen molar-refractivity contribution >= 4 is 11.7 Å². The molecule has 1 fully saturated rings. The summed E-state index contributed by atoms with van der Waals surface area (Å²) in [6.07, 6.45) is 6.34. The molecule has 0 unspecified atom stereocenters. The molecular weight excluding hydrogens is 292 g/mol. The number of urea groups is 1. The topological polar surface area (TPSA) is 87.1 Å². The number of hydrogen-bond donors (Lipinski definition) is 3. The number of nitrogens with zero attached hydrogens (tertiary/aromatic N) is 2. The van der Waals surface area contributed by atoms with Crippen LogP contribution in [0.2, 0.25) is 0 Å². The molecule has 2 aromatic rings. The van der Waals surface area contributed by atoms with Gasteiger partial charge >= 0.3 is 6.03 Å². The van der Waals surface area contributed by atoms with E-state index >= 15 is 0 Å². The molecule has 0 radical (unpaired) electrons. The Bertz CT molecular complexity index is 651. The lowest BCUT2D eigenvalue weighted by molar-refractivity contribution is 0.252. The number of carbonyl (C=O) groups excluding carboxylic acids is 1. The number of amides is 2. The average molecular weight is 312 g/mol. The molecular formula is C17H20N4O2. The number of rotatable bonds is 6. The summed E-state index contributed by atoms with van der Waals surface area (Å²) >= 11 is 0. The molecule has 1 aliphatic carbocycles. The van der Waals surface area contributed by atoms with E-state index in [1.54, 1.807) is 12.4 Å². The van der Waals surface area contributed by atoms with Crippen LogP contribution in [-0.2, 0) is 13.0 Å². The van der Waals surface area contributed by atoms with Gasteiger partial charge in [-0.3, -0.25) is 0 Å². The third kappa shape index (κ3) is 4.50. The third-order valence-electron chi connectivity index (χ3n) is 3.78. The summed E-state index contributed by atoms with van der Waals surface area (Å²) in [7, 11) is 0. The maximum Gasteiger partial charge on any atom is 0.319 e. The Morgan fingerprint density at radius 3 is 2.39 bits per heavy atom. The molecule has 1 aromatic heterocycles. The van der Waals surface area contributed by atoms with E-state index in [1.807, 2.05) is 24.3 Å². The minimum Gasteiger partial charge on any atom is -0.392 e. The van der Waals surface area contributed by atoms with Crippen molar-refractivity contribution in [1.29, 1.82) is 0 Å². The van der Waals surface area contributed by atoms with Gasteiger partial charge in [0.15, 0.2) is 0 Å². The number of carbonyl (C=O) groups is 1. The van der Waals surface area contributed by atoms with Crippen LogP contribution in [0, 0.1) is 0 Å². The van der Waals surface area contributed by atoms with Crippen LogP contribution in [0.25, 0.3) is 0 Å². The lowest BCUT2D eigenvalue weighted by Gasteiger charge is -2.08. The Morgan fingerprint density at radius 1 is 1.13 bits per heavy atom. The minimum atomic E-state index is -0.264. The molecule has 0 spiro atoms. The van der Waals surface area contributed by atoms with Gasteiger partial charge in [0, 0.05) is 12.5 Å². The van der Waals surface area contributed by atoms with Gasteiger partial charge in [-0.2, -0.15) is 0 Å². The van der Waals surface area contributed by atoms with E-state index in [0.29, 0.717) is 18.2 Å². The molecule has 120 valence electrons. The Labute approximate surface area is 135 Å². The number of anilines is 1. The monoisotopic (exact) mass is 312 g/mol. The Hall–Kier alpha value is -2.47. The van der Waals surface area contributed by atoms with Gasteiger partial charge in [-0.05, 0) is 30.4 Å². The molecule has 1 saturated carbocycles. The van der Waals surface area contributed by atoms with E-state index in [9.17, 15) is 4.79 Å². The van der Waals surface area contributed by atoms with Crippen LogP contribution < -0.4 is 10.6 Å². The highest BCUT2D eigenvalue weighted by atomic mass is 16.3. The van der Waals surface area contributed by atoms with E-state index in [4.69, 9.17) is 5.11 Å². The summed E-state index contributed by atoms with van der Waals surface area (Å²) in [4.78, 5) is 20.4. The highest BCUT2D eigenvalue weighted by Crippen LogP contribution is 2.37. The molecule has 1 heterocycles. The Morgan fingerprint density at radius 2 is 1.78 bits per heavy atom. The standard InChI is InChI=1S/C17H20N4O2/c22-11-13-3-1-12(2-4-13)7-8-18-17(23)21-15-9-19-16(20-10-15)14-5-6-14/h1-4,9-10,14,22H,5-8,11H2,(H2,18,21,23). The second-order valence-electron chi connectivity index (χ2n) is 5.71. The van der Waals surface area contributed by atoms with E-state index in [0.717, 1.165) is 36.2 Å². The van der Waals surface area contributed by atoms with Crippen LogP contribution in [-0.4, -0.2) is 27.7 Å². The quantitative estimate of drug-likeness (QED) is 0.763. The van der Waals surface area contributed by atoms with Crippen molar-refractivity contribution in [2.75, 3.05) is 11.9 Å². The normalized spacial score (nSPS) is 13.6.